The zero-order valence-electron chi connectivity index (χ0n) is 28.7. The van der Waals surface area contributed by atoms with Crippen molar-refractivity contribution in [3.8, 4) is 17.6 Å². The predicted octanol–water partition coefficient (Wildman–Crippen LogP) is 4.34. The molecule has 5 heterocycles. The van der Waals surface area contributed by atoms with Crippen LogP contribution in [0.5, 0.6) is 0 Å². The first-order chi connectivity index (χ1) is 22.8. The molecule has 0 spiro atoms. The molecule has 0 unspecified atom stereocenters. The number of nitriles is 1. The number of hydrogen-bond donors (Lipinski definition) is 1. The van der Waals surface area contributed by atoms with Crippen LogP contribution in [0.1, 0.15) is 75.8 Å². The smallest absolute Gasteiger partial charge is 0.410 e. The number of carbonyl (C=O) groups excluding carboxylic acids is 1. The monoisotopic (exact) mass is 676 g/mol. The van der Waals surface area contributed by atoms with E-state index < -0.39 is 17.1 Å². The zero-order chi connectivity index (χ0) is 34.4. The Morgan fingerprint density at radius 3 is 2.62 bits per heavy atom. The zero-order valence-corrected chi connectivity index (χ0v) is 29.5. The summed E-state index contributed by atoms with van der Waals surface area (Å²) in [5.41, 5.74) is 0.720. The summed E-state index contributed by atoms with van der Waals surface area (Å²) in [6.07, 6.45) is 4.04. The Morgan fingerprint density at radius 1 is 1.23 bits per heavy atom. The van der Waals surface area contributed by atoms with Crippen LogP contribution in [0.2, 0.25) is 0 Å². The maximum absolute atomic E-state index is 12.7. The molecule has 3 atom stereocenters. The van der Waals surface area contributed by atoms with Gasteiger partial charge in [0.15, 0.2) is 0 Å². The topological polar surface area (TPSA) is 160 Å². The molecular formula is C33H44N10O4S. The quantitative estimate of drug-likeness (QED) is 0.291. The van der Waals surface area contributed by atoms with E-state index in [9.17, 15) is 15.2 Å². The average molecular weight is 677 g/mol. The van der Waals surface area contributed by atoms with Gasteiger partial charge in [0.05, 0.1) is 29.5 Å². The Kier molecular flexibility index (Phi) is 9.08. The van der Waals surface area contributed by atoms with Gasteiger partial charge in [-0.2, -0.15) is 15.2 Å². The number of rotatable bonds is 6. The van der Waals surface area contributed by atoms with Crippen LogP contribution >= 0.6 is 11.3 Å². The van der Waals surface area contributed by atoms with E-state index in [-0.39, 0.29) is 12.1 Å². The van der Waals surface area contributed by atoms with Crippen LogP contribution in [-0.2, 0) is 16.6 Å². The molecule has 0 saturated carbocycles. The number of nitrogens with zero attached hydrogens (tertiary/aromatic N) is 10. The number of aliphatic hydroxyl groups is 1. The highest BCUT2D eigenvalue weighted by molar-refractivity contribution is 7.16. The SMILES string of the molecule is C[C@H]1[C@@H](O)CCN1c1nc(-c2noc([C@@]3(C)CCCc4sc(N=CN(C)C)c(C#N)c43)n2)cc(N2CCN(C(=O)OC(C)(C)C)CC2)n1. The van der Waals surface area contributed by atoms with E-state index in [0.717, 1.165) is 29.7 Å². The fraction of sp³-hybridized carbons (Fsp3) is 0.606. The first-order valence-electron chi connectivity index (χ1n) is 16.5. The lowest BCUT2D eigenvalue weighted by molar-refractivity contribution is 0.0240. The van der Waals surface area contributed by atoms with Crippen molar-refractivity contribution >= 4 is 40.5 Å². The molecule has 1 N–H and O–H groups in total. The number of thiophene rings is 1. The van der Waals surface area contributed by atoms with Crippen LogP contribution in [0.25, 0.3) is 11.5 Å². The van der Waals surface area contributed by atoms with Crippen molar-refractivity contribution in [3.05, 3.63) is 28.0 Å². The summed E-state index contributed by atoms with van der Waals surface area (Å²) >= 11 is 1.55. The Balaban J connectivity index is 1.33. The van der Waals surface area contributed by atoms with Crippen molar-refractivity contribution in [1.29, 1.82) is 5.26 Å². The molecule has 2 saturated heterocycles. The highest BCUT2D eigenvalue weighted by Crippen LogP contribution is 2.50. The first kappa shape index (κ1) is 33.6. The van der Waals surface area contributed by atoms with Crippen LogP contribution in [0.15, 0.2) is 15.6 Å². The van der Waals surface area contributed by atoms with Gasteiger partial charge in [-0.25, -0.2) is 14.8 Å². The van der Waals surface area contributed by atoms with E-state index in [2.05, 4.69) is 28.0 Å². The largest absolute Gasteiger partial charge is 0.444 e. The number of anilines is 2. The van der Waals surface area contributed by atoms with Gasteiger partial charge in [-0.05, 0) is 60.3 Å². The molecule has 3 aliphatic rings. The van der Waals surface area contributed by atoms with Crippen LogP contribution in [-0.4, -0.2) is 112 Å². The summed E-state index contributed by atoms with van der Waals surface area (Å²) in [5, 5.41) is 25.9. The molecule has 14 nitrogen and oxygen atoms in total. The van der Waals surface area contributed by atoms with Crippen molar-refractivity contribution in [2.75, 3.05) is 56.6 Å². The Morgan fingerprint density at radius 2 is 1.98 bits per heavy atom. The highest BCUT2D eigenvalue weighted by atomic mass is 32.1. The van der Waals surface area contributed by atoms with Gasteiger partial charge >= 0.3 is 6.09 Å². The summed E-state index contributed by atoms with van der Waals surface area (Å²) in [5.74, 6) is 1.90. The van der Waals surface area contributed by atoms with E-state index in [4.69, 9.17) is 24.2 Å². The Bertz CT molecular complexity index is 1730. The van der Waals surface area contributed by atoms with Crippen molar-refractivity contribution < 1.29 is 19.2 Å². The minimum absolute atomic E-state index is 0.162. The predicted molar refractivity (Wildman–Crippen MR) is 183 cm³/mol. The fourth-order valence-corrected chi connectivity index (χ4v) is 7.82. The summed E-state index contributed by atoms with van der Waals surface area (Å²) in [6, 6.07) is 4.10. The second kappa shape index (κ2) is 13.0. The number of amides is 1. The standard InChI is InChI=1S/C33H44N10O4S/c1-20-23(44)10-12-43(20)30-36-22(17-25(37-30)41-13-15-42(16-14-41)31(45)46-32(2,3)4)27-38-29(47-39-27)33(5)11-8-9-24-26(33)21(18-34)28(48-24)35-19-40(6)7/h17,19-20,23,44H,8-16H2,1-7H3/t20-,23-,33-/m0/s1. The van der Waals surface area contributed by atoms with Crippen molar-refractivity contribution in [1.82, 2.24) is 29.9 Å². The number of hydrogen-bond acceptors (Lipinski definition) is 13. The number of aliphatic imine (C=N–C) groups is 1. The molecule has 1 aliphatic carbocycles. The van der Waals surface area contributed by atoms with E-state index >= 15 is 0 Å². The molecule has 256 valence electrons. The minimum atomic E-state index is -0.670. The molecule has 3 aromatic heterocycles. The number of aliphatic hydroxyl groups excluding tert-OH is 1. The molecule has 0 radical (unpaired) electrons. The highest BCUT2D eigenvalue weighted by Gasteiger charge is 2.43. The molecule has 2 aliphatic heterocycles. The van der Waals surface area contributed by atoms with Crippen molar-refractivity contribution in [3.63, 3.8) is 0 Å². The molecule has 6 rings (SSSR count). The fourth-order valence-electron chi connectivity index (χ4n) is 6.56. The molecule has 48 heavy (non-hydrogen) atoms. The van der Waals surface area contributed by atoms with E-state index in [1.807, 2.05) is 57.7 Å². The molecule has 3 aromatic rings. The summed E-state index contributed by atoms with van der Waals surface area (Å²) < 4.78 is 11.6. The van der Waals surface area contributed by atoms with Gasteiger partial charge in [0.2, 0.25) is 17.7 Å². The lowest BCUT2D eigenvalue weighted by atomic mass is 9.72. The summed E-state index contributed by atoms with van der Waals surface area (Å²) in [6.45, 7) is 12.3. The molecule has 15 heteroatoms. The first-order valence-corrected chi connectivity index (χ1v) is 17.3. The molecule has 0 aromatic carbocycles. The molecular weight excluding hydrogens is 632 g/mol. The lowest BCUT2D eigenvalue weighted by Gasteiger charge is -2.36. The van der Waals surface area contributed by atoms with E-state index in [0.29, 0.717) is 78.9 Å². The Hall–Kier alpha value is -4.29. The van der Waals surface area contributed by atoms with Gasteiger partial charge in [-0.15, -0.1) is 11.3 Å². The summed E-state index contributed by atoms with van der Waals surface area (Å²) in [7, 11) is 3.79. The number of carbonyl (C=O) groups is 1. The van der Waals surface area contributed by atoms with Gasteiger partial charge < -0.3 is 34.0 Å². The molecule has 1 amide bonds. The normalized spacial score (nSPS) is 23.0. The van der Waals surface area contributed by atoms with Crippen molar-refractivity contribution in [2.45, 2.75) is 83.5 Å². The molecule has 2 fully saturated rings. The Labute approximate surface area is 285 Å². The minimum Gasteiger partial charge on any atom is -0.444 e. The second-order valence-electron chi connectivity index (χ2n) is 14.2. The maximum Gasteiger partial charge on any atom is 0.410 e. The number of aryl methyl sites for hydroxylation is 1. The van der Waals surface area contributed by atoms with E-state index in [1.165, 1.54) is 0 Å². The van der Waals surface area contributed by atoms with Gasteiger partial charge in [0.1, 0.15) is 28.2 Å². The van der Waals surface area contributed by atoms with Crippen LogP contribution < -0.4 is 9.80 Å². The molecule has 0 bridgehead atoms. The van der Waals surface area contributed by atoms with Crippen LogP contribution in [0.4, 0.5) is 21.6 Å². The summed E-state index contributed by atoms with van der Waals surface area (Å²) in [4.78, 5) is 40.8. The van der Waals surface area contributed by atoms with Crippen molar-refractivity contribution in [2.24, 2.45) is 4.99 Å². The maximum atomic E-state index is 12.7. The van der Waals surface area contributed by atoms with Gasteiger partial charge in [0.25, 0.3) is 0 Å². The van der Waals surface area contributed by atoms with Gasteiger partial charge in [-0.3, -0.25) is 0 Å². The van der Waals surface area contributed by atoms with Crippen LogP contribution in [0, 0.1) is 11.3 Å². The lowest BCUT2D eigenvalue weighted by Crippen LogP contribution is -2.50. The third-order valence-electron chi connectivity index (χ3n) is 9.17. The number of piperazine rings is 1. The van der Waals surface area contributed by atoms with Gasteiger partial charge in [0, 0.05) is 63.3 Å². The van der Waals surface area contributed by atoms with E-state index in [1.54, 1.807) is 22.6 Å². The average Bonchev–Trinajstić information content (AvgIpc) is 3.77. The number of ether oxygens (including phenoxy) is 1. The number of fused-ring (bicyclic) bond motifs is 1. The third kappa shape index (κ3) is 6.55. The number of aromatic nitrogens is 4. The van der Waals surface area contributed by atoms with Gasteiger partial charge in [-0.1, -0.05) is 5.16 Å². The second-order valence-corrected chi connectivity index (χ2v) is 15.2. The third-order valence-corrected chi connectivity index (χ3v) is 10.3. The van der Waals surface area contributed by atoms with Crippen LogP contribution in [0.3, 0.4) is 0 Å².